The summed E-state index contributed by atoms with van der Waals surface area (Å²) < 4.78 is 0. The predicted molar refractivity (Wildman–Crippen MR) is 108 cm³/mol. The summed E-state index contributed by atoms with van der Waals surface area (Å²) in [7, 11) is 0. The van der Waals surface area contributed by atoms with Crippen LogP contribution in [0.25, 0.3) is 0 Å². The number of imide groups is 1. The Kier molecular flexibility index (Phi) is 4.45. The van der Waals surface area contributed by atoms with Crippen LogP contribution in [0.2, 0.25) is 0 Å². The Morgan fingerprint density at radius 3 is 2.74 bits per heavy atom. The highest BCUT2D eigenvalue weighted by molar-refractivity contribution is 6.05. The van der Waals surface area contributed by atoms with Crippen LogP contribution in [0.1, 0.15) is 41.6 Å². The first-order valence-electron chi connectivity index (χ1n) is 10.5. The number of anilines is 1. The van der Waals surface area contributed by atoms with Gasteiger partial charge < -0.3 is 20.4 Å². The first-order valence-corrected chi connectivity index (χ1v) is 10.5. The van der Waals surface area contributed by atoms with Crippen LogP contribution in [0.15, 0.2) is 18.2 Å². The molecule has 3 saturated heterocycles. The van der Waals surface area contributed by atoms with Crippen molar-refractivity contribution in [1.29, 1.82) is 0 Å². The number of piperidine rings is 1. The van der Waals surface area contributed by atoms with Gasteiger partial charge in [0, 0.05) is 43.9 Å². The highest BCUT2D eigenvalue weighted by Crippen LogP contribution is 2.37. The minimum absolute atomic E-state index is 0.0207. The van der Waals surface area contributed by atoms with E-state index in [0.29, 0.717) is 43.7 Å². The average molecular weight is 425 g/mol. The number of carbonyl (C=O) groups is 5. The van der Waals surface area contributed by atoms with E-state index in [4.69, 9.17) is 0 Å². The SMILES string of the molecule is O=C1CCC(N2Cc3cc(NC(=O)N4CCC5(CCNC5=O)C4)ccc3C2=O)C(=O)N1. The molecular formula is C21H23N5O5. The number of rotatable bonds is 2. The van der Waals surface area contributed by atoms with Crippen LogP contribution < -0.4 is 16.0 Å². The summed E-state index contributed by atoms with van der Waals surface area (Å²) in [5, 5.41) is 7.99. The zero-order valence-corrected chi connectivity index (χ0v) is 16.9. The molecule has 0 radical (unpaired) electrons. The van der Waals surface area contributed by atoms with Gasteiger partial charge in [0.15, 0.2) is 0 Å². The lowest BCUT2D eigenvalue weighted by Gasteiger charge is -2.29. The van der Waals surface area contributed by atoms with Crippen molar-refractivity contribution in [2.45, 2.75) is 38.3 Å². The van der Waals surface area contributed by atoms with Gasteiger partial charge in [-0.1, -0.05) is 0 Å². The van der Waals surface area contributed by atoms with E-state index >= 15 is 0 Å². The van der Waals surface area contributed by atoms with Crippen molar-refractivity contribution < 1.29 is 24.0 Å². The zero-order valence-electron chi connectivity index (χ0n) is 16.9. The first kappa shape index (κ1) is 19.5. The van der Waals surface area contributed by atoms with E-state index in [1.807, 2.05) is 0 Å². The lowest BCUT2D eigenvalue weighted by atomic mass is 9.86. The Labute approximate surface area is 178 Å². The molecule has 4 aliphatic heterocycles. The number of carbonyl (C=O) groups excluding carboxylic acids is 5. The fourth-order valence-electron chi connectivity index (χ4n) is 5.01. The number of hydrogen-bond acceptors (Lipinski definition) is 5. The Bertz CT molecular complexity index is 1020. The molecule has 4 heterocycles. The van der Waals surface area contributed by atoms with E-state index < -0.39 is 17.4 Å². The molecule has 1 aromatic rings. The number of urea groups is 1. The van der Waals surface area contributed by atoms with Crippen molar-refractivity contribution in [2.24, 2.45) is 5.41 Å². The topological polar surface area (TPSA) is 128 Å². The maximum atomic E-state index is 12.8. The minimum atomic E-state index is -0.672. The molecule has 6 amide bonds. The fraction of sp³-hybridized carbons (Fsp3) is 0.476. The Hall–Kier alpha value is -3.43. The molecular weight excluding hydrogens is 402 g/mol. The number of nitrogens with one attached hydrogen (secondary N) is 3. The monoisotopic (exact) mass is 425 g/mol. The summed E-state index contributed by atoms with van der Waals surface area (Å²) in [5.74, 6) is -1.01. The lowest BCUT2D eigenvalue weighted by Crippen LogP contribution is -2.52. The molecule has 2 unspecified atom stereocenters. The van der Waals surface area contributed by atoms with Crippen LogP contribution in [-0.2, 0) is 20.9 Å². The summed E-state index contributed by atoms with van der Waals surface area (Å²) >= 11 is 0. The quantitative estimate of drug-likeness (QED) is 0.583. The second kappa shape index (κ2) is 7.07. The van der Waals surface area contributed by atoms with E-state index in [1.165, 1.54) is 4.90 Å². The molecule has 10 heteroatoms. The fourth-order valence-corrected chi connectivity index (χ4v) is 5.01. The van der Waals surface area contributed by atoms with E-state index in [0.717, 1.165) is 12.0 Å². The number of likely N-dealkylation sites (tertiary alicyclic amines) is 1. The predicted octanol–water partition coefficient (Wildman–Crippen LogP) is 0.192. The summed E-state index contributed by atoms with van der Waals surface area (Å²) in [4.78, 5) is 64.3. The van der Waals surface area contributed by atoms with Crippen molar-refractivity contribution in [3.05, 3.63) is 29.3 Å². The third kappa shape index (κ3) is 3.22. The molecule has 162 valence electrons. The van der Waals surface area contributed by atoms with Gasteiger partial charge in [-0.3, -0.25) is 24.5 Å². The molecule has 1 aromatic carbocycles. The van der Waals surface area contributed by atoms with Gasteiger partial charge in [-0.15, -0.1) is 0 Å². The number of amides is 6. The molecule has 1 spiro atoms. The maximum Gasteiger partial charge on any atom is 0.321 e. The highest BCUT2D eigenvalue weighted by Gasteiger charge is 2.48. The number of hydrogen-bond donors (Lipinski definition) is 3. The van der Waals surface area contributed by atoms with E-state index in [2.05, 4.69) is 16.0 Å². The van der Waals surface area contributed by atoms with Crippen LogP contribution >= 0.6 is 0 Å². The van der Waals surface area contributed by atoms with Crippen LogP contribution in [0, 0.1) is 5.41 Å². The van der Waals surface area contributed by atoms with Gasteiger partial charge in [0.2, 0.25) is 17.7 Å². The highest BCUT2D eigenvalue weighted by atomic mass is 16.2. The summed E-state index contributed by atoms with van der Waals surface area (Å²) in [6.07, 6.45) is 1.91. The van der Waals surface area contributed by atoms with Gasteiger partial charge in [0.25, 0.3) is 5.91 Å². The van der Waals surface area contributed by atoms with E-state index in [9.17, 15) is 24.0 Å². The Balaban J connectivity index is 1.26. The molecule has 0 bridgehead atoms. The average Bonchev–Trinajstić information content (AvgIpc) is 3.41. The number of fused-ring (bicyclic) bond motifs is 1. The van der Waals surface area contributed by atoms with Gasteiger partial charge in [0.05, 0.1) is 5.41 Å². The standard InChI is InChI=1S/C21H23N5O5/c27-16-4-3-15(17(28)24-16)26-10-12-9-13(1-2-14(12)18(26)29)23-20(31)25-8-6-21(11-25)5-7-22-19(21)30/h1-2,9,15H,3-8,10-11H2,(H,22,30)(H,23,31)(H,24,27,28). The van der Waals surface area contributed by atoms with Crippen LogP contribution in [0.5, 0.6) is 0 Å². The molecule has 5 rings (SSSR count). The zero-order chi connectivity index (χ0) is 21.8. The normalized spacial score (nSPS) is 27.5. The van der Waals surface area contributed by atoms with Gasteiger partial charge >= 0.3 is 6.03 Å². The van der Waals surface area contributed by atoms with Crippen LogP contribution in [-0.4, -0.2) is 65.1 Å². The summed E-state index contributed by atoms with van der Waals surface area (Å²) in [5.41, 5.74) is 1.30. The largest absolute Gasteiger partial charge is 0.356 e. The third-order valence-electron chi connectivity index (χ3n) is 6.79. The van der Waals surface area contributed by atoms with Crippen LogP contribution in [0.4, 0.5) is 10.5 Å². The van der Waals surface area contributed by atoms with Crippen molar-refractivity contribution >= 4 is 35.3 Å². The Morgan fingerprint density at radius 2 is 2.00 bits per heavy atom. The minimum Gasteiger partial charge on any atom is -0.356 e. The molecule has 31 heavy (non-hydrogen) atoms. The van der Waals surface area contributed by atoms with Gasteiger partial charge in [0.1, 0.15) is 6.04 Å². The summed E-state index contributed by atoms with van der Waals surface area (Å²) in [6, 6.07) is 4.11. The van der Waals surface area contributed by atoms with Gasteiger partial charge in [-0.05, 0) is 43.0 Å². The van der Waals surface area contributed by atoms with E-state index in [-0.39, 0.29) is 36.7 Å². The van der Waals surface area contributed by atoms with Crippen molar-refractivity contribution in [2.75, 3.05) is 25.0 Å². The van der Waals surface area contributed by atoms with Crippen molar-refractivity contribution in [3.8, 4) is 0 Å². The van der Waals surface area contributed by atoms with Gasteiger partial charge in [-0.25, -0.2) is 4.79 Å². The Morgan fingerprint density at radius 1 is 1.16 bits per heavy atom. The molecule has 10 nitrogen and oxygen atoms in total. The summed E-state index contributed by atoms with van der Waals surface area (Å²) in [6.45, 7) is 1.82. The second-order valence-corrected chi connectivity index (χ2v) is 8.66. The number of benzene rings is 1. The second-order valence-electron chi connectivity index (χ2n) is 8.66. The van der Waals surface area contributed by atoms with Crippen molar-refractivity contribution in [3.63, 3.8) is 0 Å². The first-order chi connectivity index (χ1) is 14.9. The number of nitrogens with zero attached hydrogens (tertiary/aromatic N) is 2. The molecule has 0 aliphatic carbocycles. The lowest BCUT2D eigenvalue weighted by molar-refractivity contribution is -0.137. The molecule has 3 N–H and O–H groups in total. The van der Waals surface area contributed by atoms with E-state index in [1.54, 1.807) is 23.1 Å². The third-order valence-corrected chi connectivity index (χ3v) is 6.79. The molecule has 2 atom stereocenters. The van der Waals surface area contributed by atoms with Crippen molar-refractivity contribution in [1.82, 2.24) is 20.4 Å². The molecule has 4 aliphatic rings. The molecule has 0 saturated carbocycles. The molecule has 0 aromatic heterocycles. The van der Waals surface area contributed by atoms with Gasteiger partial charge in [-0.2, -0.15) is 0 Å². The smallest absolute Gasteiger partial charge is 0.321 e. The molecule has 3 fully saturated rings. The maximum absolute atomic E-state index is 12.8. The van der Waals surface area contributed by atoms with Crippen LogP contribution in [0.3, 0.4) is 0 Å².